The lowest BCUT2D eigenvalue weighted by Gasteiger charge is -2.20. The van der Waals surface area contributed by atoms with Crippen LogP contribution in [0.5, 0.6) is 0 Å². The first-order valence-corrected chi connectivity index (χ1v) is 3.24. The van der Waals surface area contributed by atoms with Gasteiger partial charge in [-0.05, 0) is 0 Å². The molecule has 1 heterocycles. The van der Waals surface area contributed by atoms with Crippen molar-refractivity contribution in [2.24, 2.45) is 10.4 Å². The van der Waals surface area contributed by atoms with E-state index in [1.165, 1.54) is 0 Å². The molecule has 1 rings (SSSR count). The van der Waals surface area contributed by atoms with Gasteiger partial charge in [0.25, 0.3) is 0 Å². The highest BCUT2D eigenvalue weighted by Gasteiger charge is 2.21. The van der Waals surface area contributed by atoms with Gasteiger partial charge in [0.05, 0.1) is 0 Å². The van der Waals surface area contributed by atoms with Gasteiger partial charge in [0, 0.05) is 20.5 Å². The highest BCUT2D eigenvalue weighted by Crippen LogP contribution is 2.14. The molecule has 0 aromatic heterocycles. The predicted octanol–water partition coefficient (Wildman–Crippen LogP) is 1.05. The van der Waals surface area contributed by atoms with E-state index in [9.17, 15) is 0 Å². The first kappa shape index (κ1) is 7.05. The lowest BCUT2D eigenvalue weighted by molar-refractivity contribution is 0.158. The van der Waals surface area contributed by atoms with Crippen LogP contribution < -0.4 is 0 Å². The standard InChI is InChI=1S/C6H12N4/c1-4-5-6-9(2)7-8-10(6)3/h4,6H,1,5H2,2-3H3. The van der Waals surface area contributed by atoms with Crippen LogP contribution in [0.4, 0.5) is 0 Å². The average molecular weight is 140 g/mol. The molecule has 0 N–H and O–H groups in total. The summed E-state index contributed by atoms with van der Waals surface area (Å²) in [6.07, 6.45) is 3.02. The molecule has 56 valence electrons. The quantitative estimate of drug-likeness (QED) is 0.537. The molecule has 0 saturated heterocycles. The van der Waals surface area contributed by atoms with E-state index in [1.54, 1.807) is 0 Å². The van der Waals surface area contributed by atoms with Crippen LogP contribution in [0.15, 0.2) is 23.1 Å². The summed E-state index contributed by atoms with van der Waals surface area (Å²) in [6, 6.07) is 0. The molecule has 0 amide bonds. The number of hydrogen-bond acceptors (Lipinski definition) is 4. The molecule has 4 nitrogen and oxygen atoms in total. The maximum absolute atomic E-state index is 3.85. The molecule has 0 fully saturated rings. The Kier molecular flexibility index (Phi) is 1.89. The highest BCUT2D eigenvalue weighted by molar-refractivity contribution is 4.77. The third kappa shape index (κ3) is 1.10. The van der Waals surface area contributed by atoms with Crippen molar-refractivity contribution in [3.8, 4) is 0 Å². The molecule has 0 radical (unpaired) electrons. The first-order valence-electron chi connectivity index (χ1n) is 3.24. The Labute approximate surface area is 60.8 Å². The van der Waals surface area contributed by atoms with Crippen LogP contribution in [0, 0.1) is 0 Å². The second-order valence-corrected chi connectivity index (χ2v) is 2.33. The van der Waals surface area contributed by atoms with E-state index >= 15 is 0 Å². The van der Waals surface area contributed by atoms with Gasteiger partial charge in [0.2, 0.25) is 0 Å². The third-order valence-corrected chi connectivity index (χ3v) is 1.56. The van der Waals surface area contributed by atoms with E-state index in [0.29, 0.717) is 0 Å². The molecule has 0 atom stereocenters. The predicted molar refractivity (Wildman–Crippen MR) is 39.0 cm³/mol. The van der Waals surface area contributed by atoms with Gasteiger partial charge >= 0.3 is 0 Å². The Morgan fingerprint density at radius 1 is 1.40 bits per heavy atom. The molecule has 0 aromatic rings. The fourth-order valence-corrected chi connectivity index (χ4v) is 0.941. The van der Waals surface area contributed by atoms with Crippen molar-refractivity contribution in [3.05, 3.63) is 12.7 Å². The number of rotatable bonds is 2. The van der Waals surface area contributed by atoms with E-state index in [-0.39, 0.29) is 6.17 Å². The molecule has 1 aliphatic rings. The Bertz CT molecular complexity index is 142. The van der Waals surface area contributed by atoms with Crippen molar-refractivity contribution in [3.63, 3.8) is 0 Å². The summed E-state index contributed by atoms with van der Waals surface area (Å²) in [5.41, 5.74) is 0. The molecular weight excluding hydrogens is 128 g/mol. The van der Waals surface area contributed by atoms with Crippen molar-refractivity contribution in [1.29, 1.82) is 0 Å². The molecule has 4 heteroatoms. The Morgan fingerprint density at radius 2 is 1.90 bits per heavy atom. The van der Waals surface area contributed by atoms with Crippen LogP contribution in [-0.2, 0) is 0 Å². The average Bonchev–Trinajstić information content (AvgIpc) is 2.20. The zero-order valence-electron chi connectivity index (χ0n) is 6.36. The molecular formula is C6H12N4. The van der Waals surface area contributed by atoms with Crippen molar-refractivity contribution in [2.45, 2.75) is 12.6 Å². The topological polar surface area (TPSA) is 31.2 Å². The fourth-order valence-electron chi connectivity index (χ4n) is 0.941. The molecule has 0 unspecified atom stereocenters. The summed E-state index contributed by atoms with van der Waals surface area (Å²) < 4.78 is 0. The van der Waals surface area contributed by atoms with Crippen molar-refractivity contribution in [1.82, 2.24) is 10.0 Å². The summed E-state index contributed by atoms with van der Waals surface area (Å²) in [5.74, 6) is 0. The zero-order valence-corrected chi connectivity index (χ0v) is 6.36. The van der Waals surface area contributed by atoms with Gasteiger partial charge in [-0.25, -0.2) is 0 Å². The van der Waals surface area contributed by atoms with Gasteiger partial charge in [-0.3, -0.25) is 10.0 Å². The normalized spacial score (nSPS) is 18.6. The molecule has 0 saturated carbocycles. The van der Waals surface area contributed by atoms with Crippen molar-refractivity contribution in [2.75, 3.05) is 14.1 Å². The van der Waals surface area contributed by atoms with Crippen LogP contribution in [0.1, 0.15) is 6.42 Å². The summed E-state index contributed by atoms with van der Waals surface area (Å²) in [4.78, 5) is 0. The summed E-state index contributed by atoms with van der Waals surface area (Å²) in [6.45, 7) is 3.66. The summed E-state index contributed by atoms with van der Waals surface area (Å²) in [7, 11) is 3.81. The lowest BCUT2D eigenvalue weighted by Crippen LogP contribution is -2.33. The van der Waals surface area contributed by atoms with Crippen LogP contribution >= 0.6 is 0 Å². The van der Waals surface area contributed by atoms with Gasteiger partial charge in [-0.1, -0.05) is 16.5 Å². The maximum Gasteiger partial charge on any atom is 0.140 e. The van der Waals surface area contributed by atoms with E-state index in [4.69, 9.17) is 0 Å². The van der Waals surface area contributed by atoms with Gasteiger partial charge in [0.15, 0.2) is 0 Å². The van der Waals surface area contributed by atoms with Crippen LogP contribution in [0.25, 0.3) is 0 Å². The molecule has 0 bridgehead atoms. The minimum absolute atomic E-state index is 0.262. The van der Waals surface area contributed by atoms with E-state index in [2.05, 4.69) is 17.0 Å². The van der Waals surface area contributed by atoms with Crippen LogP contribution in [0.2, 0.25) is 0 Å². The lowest BCUT2D eigenvalue weighted by atomic mass is 10.3. The third-order valence-electron chi connectivity index (χ3n) is 1.56. The van der Waals surface area contributed by atoms with E-state index < -0.39 is 0 Å². The Balaban J connectivity index is 2.51. The summed E-state index contributed by atoms with van der Waals surface area (Å²) in [5, 5.41) is 11.3. The highest BCUT2D eigenvalue weighted by atomic mass is 15.8. The monoisotopic (exact) mass is 140 g/mol. The molecule has 0 aromatic carbocycles. The Morgan fingerprint density at radius 3 is 2.30 bits per heavy atom. The SMILES string of the molecule is C=CCC1N(C)N=NN1C. The van der Waals surface area contributed by atoms with E-state index in [0.717, 1.165) is 6.42 Å². The first-order chi connectivity index (χ1) is 4.75. The summed E-state index contributed by atoms with van der Waals surface area (Å²) >= 11 is 0. The maximum atomic E-state index is 3.85. The molecule has 10 heavy (non-hydrogen) atoms. The second kappa shape index (κ2) is 2.68. The van der Waals surface area contributed by atoms with Gasteiger partial charge in [0.1, 0.15) is 6.17 Å². The number of hydrogen-bond donors (Lipinski definition) is 0. The van der Waals surface area contributed by atoms with Gasteiger partial charge in [-0.2, -0.15) is 0 Å². The smallest absolute Gasteiger partial charge is 0.140 e. The van der Waals surface area contributed by atoms with Crippen LogP contribution in [0.3, 0.4) is 0 Å². The fraction of sp³-hybridized carbons (Fsp3) is 0.667. The molecule has 0 spiro atoms. The molecule has 1 aliphatic heterocycles. The van der Waals surface area contributed by atoms with Gasteiger partial charge < -0.3 is 0 Å². The van der Waals surface area contributed by atoms with E-state index in [1.807, 2.05) is 30.2 Å². The second-order valence-electron chi connectivity index (χ2n) is 2.33. The van der Waals surface area contributed by atoms with Gasteiger partial charge in [-0.15, -0.1) is 6.58 Å². The molecule has 0 aliphatic carbocycles. The minimum atomic E-state index is 0.262. The largest absolute Gasteiger partial charge is 0.256 e. The van der Waals surface area contributed by atoms with Crippen molar-refractivity contribution >= 4 is 0 Å². The Hall–Kier alpha value is -1.06. The zero-order chi connectivity index (χ0) is 7.56. The van der Waals surface area contributed by atoms with Crippen molar-refractivity contribution < 1.29 is 0 Å². The number of nitrogens with zero attached hydrogens (tertiary/aromatic N) is 4. The minimum Gasteiger partial charge on any atom is -0.256 e. The van der Waals surface area contributed by atoms with Crippen LogP contribution in [-0.4, -0.2) is 30.3 Å².